The van der Waals surface area contributed by atoms with Gasteiger partial charge in [0.05, 0.1) is 29.0 Å². The topological polar surface area (TPSA) is 187 Å². The molecule has 64 heavy (non-hydrogen) atoms. The van der Waals surface area contributed by atoms with Crippen LogP contribution in [0.3, 0.4) is 0 Å². The van der Waals surface area contributed by atoms with E-state index >= 15 is 4.39 Å². The van der Waals surface area contributed by atoms with Crippen LogP contribution in [0.5, 0.6) is 0 Å². The summed E-state index contributed by atoms with van der Waals surface area (Å²) in [5, 5.41) is 20.0. The number of benzene rings is 3. The van der Waals surface area contributed by atoms with Gasteiger partial charge in [-0.25, -0.2) is 19.0 Å². The van der Waals surface area contributed by atoms with E-state index in [1.54, 1.807) is 45.3 Å². The van der Waals surface area contributed by atoms with Crippen LogP contribution in [0.15, 0.2) is 71.5 Å². The highest BCUT2D eigenvalue weighted by atomic mass is 19.1. The molecule has 1 aliphatic carbocycles. The first-order chi connectivity index (χ1) is 30.7. The summed E-state index contributed by atoms with van der Waals surface area (Å²) in [7, 11) is 0. The summed E-state index contributed by atoms with van der Waals surface area (Å²) in [6.07, 6.45) is 1.06. The van der Waals surface area contributed by atoms with E-state index in [9.17, 15) is 29.1 Å². The summed E-state index contributed by atoms with van der Waals surface area (Å²) in [5.41, 5.74) is 5.92. The van der Waals surface area contributed by atoms with Gasteiger partial charge in [-0.2, -0.15) is 0 Å². The fourth-order valence-electron chi connectivity index (χ4n) is 9.11. The maximum absolute atomic E-state index is 15.3. The molecule has 15 heteroatoms. The van der Waals surface area contributed by atoms with Crippen LogP contribution in [0, 0.1) is 18.7 Å². The Hall–Kier alpha value is -6.45. The molecule has 4 N–H and O–H groups in total. The first-order valence-electron chi connectivity index (χ1n) is 21.8. The number of pyridine rings is 2. The van der Waals surface area contributed by atoms with Crippen molar-refractivity contribution in [1.29, 1.82) is 0 Å². The second-order valence-corrected chi connectivity index (χ2v) is 17.1. The fraction of sp³-hybridized carbons (Fsp3) is 0.388. The molecule has 3 amide bonds. The number of halogens is 1. The van der Waals surface area contributed by atoms with Gasteiger partial charge in [-0.3, -0.25) is 14.4 Å². The highest BCUT2D eigenvalue weighted by Gasteiger charge is 2.45. The van der Waals surface area contributed by atoms with Crippen LogP contribution >= 0.6 is 0 Å². The predicted molar refractivity (Wildman–Crippen MR) is 236 cm³/mol. The number of carbonyl (C=O) groups is 4. The third kappa shape index (κ3) is 8.13. The second kappa shape index (κ2) is 18.0. The zero-order valence-corrected chi connectivity index (χ0v) is 36.5. The van der Waals surface area contributed by atoms with Crippen molar-refractivity contribution in [3.8, 4) is 22.5 Å². The van der Waals surface area contributed by atoms with Gasteiger partial charge in [-0.1, -0.05) is 69.3 Å². The summed E-state index contributed by atoms with van der Waals surface area (Å²) < 4.78 is 33.4. The number of aliphatic hydroxyl groups is 1. The van der Waals surface area contributed by atoms with Crippen molar-refractivity contribution in [3.05, 3.63) is 122 Å². The van der Waals surface area contributed by atoms with E-state index in [4.69, 9.17) is 19.2 Å². The Labute approximate surface area is 369 Å². The minimum Gasteiger partial charge on any atom is -0.458 e. The van der Waals surface area contributed by atoms with E-state index in [0.717, 1.165) is 38.8 Å². The number of hydrogen-bond acceptors (Lipinski definition) is 10. The lowest BCUT2D eigenvalue weighted by atomic mass is 9.86. The smallest absolute Gasteiger partial charge is 0.407 e. The van der Waals surface area contributed by atoms with Crippen molar-refractivity contribution in [2.24, 2.45) is 5.92 Å². The molecule has 5 aromatic rings. The van der Waals surface area contributed by atoms with E-state index in [-0.39, 0.29) is 61.4 Å². The Balaban J connectivity index is 0.807. The first-order valence-corrected chi connectivity index (χ1v) is 21.8. The van der Waals surface area contributed by atoms with Crippen LogP contribution < -0.4 is 21.5 Å². The first kappa shape index (κ1) is 44.2. The number of esters is 1. The summed E-state index contributed by atoms with van der Waals surface area (Å²) >= 11 is 0. The molecular weight excluding hydrogens is 822 g/mol. The van der Waals surface area contributed by atoms with Crippen molar-refractivity contribution < 1.29 is 42.9 Å². The molecule has 0 bridgehead atoms. The number of aromatic nitrogens is 2. The molecule has 0 saturated heterocycles. The summed E-state index contributed by atoms with van der Waals surface area (Å²) in [6, 6.07) is 19.1. The van der Waals surface area contributed by atoms with Gasteiger partial charge in [0.25, 0.3) is 5.56 Å². The maximum Gasteiger partial charge on any atom is 0.407 e. The third-order valence-electron chi connectivity index (χ3n) is 12.8. The number of fused-ring (bicyclic) bond motifs is 8. The van der Waals surface area contributed by atoms with Gasteiger partial charge in [0.1, 0.15) is 37.8 Å². The molecule has 3 aliphatic rings. The second-order valence-electron chi connectivity index (χ2n) is 17.1. The number of unbranched alkanes of at least 4 members (excludes halogenated alkanes) is 1. The lowest BCUT2D eigenvalue weighted by Crippen LogP contribution is -2.54. The van der Waals surface area contributed by atoms with E-state index in [1.165, 1.54) is 6.07 Å². The van der Waals surface area contributed by atoms with Crippen LogP contribution in [-0.2, 0) is 53.8 Å². The minimum atomic E-state index is -1.95. The SMILES string of the molecule is CC[C@@]1(O)C(=O)OCc2c1cc1n(c2=O)Cc2cc3c(CCCCOCNC(=O)[C@H](C)NC(=O)[C@@H](NC(=O)OCC4c5ccccc5-c5ccccc54)C(C)C)c(C)c(F)cc3nc2-1. The zero-order valence-electron chi connectivity index (χ0n) is 36.5. The quantitative estimate of drug-likeness (QED) is 0.0541. The van der Waals surface area contributed by atoms with Crippen molar-refractivity contribution in [2.75, 3.05) is 19.9 Å². The average molecular weight is 874 g/mol. The number of nitrogens with one attached hydrogen (secondary N) is 3. The summed E-state index contributed by atoms with van der Waals surface area (Å²) in [6.45, 7) is 8.80. The molecule has 4 heterocycles. The maximum atomic E-state index is 15.3. The minimum absolute atomic E-state index is 0.0274. The Bertz CT molecular complexity index is 2710. The van der Waals surface area contributed by atoms with E-state index in [1.807, 2.05) is 42.5 Å². The van der Waals surface area contributed by atoms with Crippen molar-refractivity contribution >= 4 is 34.8 Å². The lowest BCUT2D eigenvalue weighted by Gasteiger charge is -2.31. The Kier molecular flexibility index (Phi) is 12.4. The van der Waals surface area contributed by atoms with Crippen LogP contribution in [0.25, 0.3) is 33.4 Å². The molecule has 14 nitrogen and oxygen atoms in total. The van der Waals surface area contributed by atoms with E-state index in [2.05, 4.69) is 28.1 Å². The number of hydrogen-bond donors (Lipinski definition) is 4. The summed E-state index contributed by atoms with van der Waals surface area (Å²) in [4.78, 5) is 70.1. The number of rotatable bonds is 15. The number of ether oxygens (including phenoxy) is 3. The van der Waals surface area contributed by atoms with Gasteiger partial charge in [0.15, 0.2) is 5.60 Å². The van der Waals surface area contributed by atoms with E-state index in [0.29, 0.717) is 48.3 Å². The Morgan fingerprint density at radius 1 is 0.984 bits per heavy atom. The lowest BCUT2D eigenvalue weighted by molar-refractivity contribution is -0.172. The van der Waals surface area contributed by atoms with Gasteiger partial charge in [0, 0.05) is 35.1 Å². The molecule has 0 unspecified atom stereocenters. The molecule has 334 valence electrons. The largest absolute Gasteiger partial charge is 0.458 e. The third-order valence-corrected chi connectivity index (χ3v) is 12.8. The Morgan fingerprint density at radius 3 is 2.38 bits per heavy atom. The van der Waals surface area contributed by atoms with Gasteiger partial charge < -0.3 is 39.8 Å². The molecule has 0 spiro atoms. The highest BCUT2D eigenvalue weighted by molar-refractivity contribution is 5.92. The van der Waals surface area contributed by atoms with Crippen LogP contribution in [0.4, 0.5) is 9.18 Å². The number of amides is 3. The molecule has 3 aromatic carbocycles. The van der Waals surface area contributed by atoms with Crippen LogP contribution in [0.2, 0.25) is 0 Å². The predicted octanol–water partition coefficient (Wildman–Crippen LogP) is 6.01. The molecule has 8 rings (SSSR count). The van der Waals surface area contributed by atoms with Gasteiger partial charge >= 0.3 is 12.1 Å². The molecule has 0 radical (unpaired) electrons. The number of cyclic esters (lactones) is 1. The monoisotopic (exact) mass is 873 g/mol. The molecular formula is C49H52FN5O9. The number of aryl methyl sites for hydroxylation is 1. The van der Waals surface area contributed by atoms with Crippen molar-refractivity contribution in [3.63, 3.8) is 0 Å². The van der Waals surface area contributed by atoms with Crippen LogP contribution in [0.1, 0.15) is 91.8 Å². The molecule has 2 aromatic heterocycles. The zero-order chi connectivity index (χ0) is 45.4. The normalized spacial score (nSPS) is 16.8. The molecule has 3 atom stereocenters. The van der Waals surface area contributed by atoms with Gasteiger partial charge in [0.2, 0.25) is 11.8 Å². The fourth-order valence-corrected chi connectivity index (χ4v) is 9.11. The van der Waals surface area contributed by atoms with E-state index < -0.39 is 47.4 Å². The summed E-state index contributed by atoms with van der Waals surface area (Å²) in [5.74, 6) is -2.63. The Morgan fingerprint density at radius 2 is 1.69 bits per heavy atom. The van der Waals surface area contributed by atoms with Gasteiger partial charge in [-0.05, 0) is 91.0 Å². The van der Waals surface area contributed by atoms with Crippen molar-refractivity contribution in [1.82, 2.24) is 25.5 Å². The number of carbonyl (C=O) groups excluding carboxylic acids is 4. The molecule has 0 fully saturated rings. The standard InChI is InChI=1S/C49H52FN5O9/c1-6-49(61)38-20-41-43-29(22-55(41)46(58)37(38)24-63-47(49)59)19-35-30(27(4)39(50)21-40(35)53-43)13-11-12-18-62-25-51-44(56)28(5)52-45(57)42(26(2)3)54-48(60)64-23-36-33-16-9-7-14-31(33)32-15-8-10-17-34(32)36/h7-10,14-17,19-21,26,28,36,42,61H,6,11-13,18,22-25H2,1-5H3,(H,51,56)(H,52,57)(H,54,60)/t28-,42-,49-/m0/s1. The van der Waals surface area contributed by atoms with Gasteiger partial charge in [-0.15, -0.1) is 0 Å². The molecule has 2 aliphatic heterocycles. The number of alkyl carbamates (subject to hydrolysis) is 1. The molecule has 0 saturated carbocycles. The highest BCUT2D eigenvalue weighted by Crippen LogP contribution is 2.45. The van der Waals surface area contributed by atoms with Crippen molar-refractivity contribution in [2.45, 2.75) is 97.1 Å². The van der Waals surface area contributed by atoms with Crippen LogP contribution in [-0.4, -0.2) is 70.6 Å². The average Bonchev–Trinajstić information content (AvgIpc) is 3.81. The number of nitrogens with zero attached hydrogens (tertiary/aromatic N) is 2.